The first-order chi connectivity index (χ1) is 13.2. The molecule has 4 heteroatoms. The fourth-order valence-electron chi connectivity index (χ4n) is 2.96. The van der Waals surface area contributed by atoms with Crippen molar-refractivity contribution < 1.29 is 0 Å². The number of hydrogen-bond acceptors (Lipinski definition) is 3. The number of pyridine rings is 2. The number of aryl methyl sites for hydroxylation is 2. The van der Waals surface area contributed by atoms with Gasteiger partial charge in [0.2, 0.25) is 0 Å². The molecule has 0 spiro atoms. The molecule has 0 amide bonds. The average molecular weight is 350 g/mol. The first-order valence-electron chi connectivity index (χ1n) is 8.72. The standard InChI is InChI=1S/C23H18N4/c1-16-5-3-7-21(25-16)13-10-18-8-11-19(12-9-18)23-22(17(2)26-27-23)20-6-4-14-24-15-20/h3-9,11-12,14-15H,1-2H3,(H,26,27). The van der Waals surface area contributed by atoms with Crippen LogP contribution in [0.15, 0.2) is 67.0 Å². The number of nitrogens with zero attached hydrogens (tertiary/aromatic N) is 3. The van der Waals surface area contributed by atoms with Gasteiger partial charge in [0.25, 0.3) is 0 Å². The van der Waals surface area contributed by atoms with E-state index < -0.39 is 0 Å². The zero-order valence-electron chi connectivity index (χ0n) is 15.2. The van der Waals surface area contributed by atoms with Gasteiger partial charge in [-0.15, -0.1) is 0 Å². The van der Waals surface area contributed by atoms with Crippen LogP contribution in [-0.4, -0.2) is 20.2 Å². The summed E-state index contributed by atoms with van der Waals surface area (Å²) in [5.41, 5.74) is 7.79. The lowest BCUT2D eigenvalue weighted by molar-refractivity contribution is 1.05. The molecule has 130 valence electrons. The van der Waals surface area contributed by atoms with Crippen molar-refractivity contribution >= 4 is 0 Å². The molecule has 0 unspecified atom stereocenters. The van der Waals surface area contributed by atoms with Crippen molar-refractivity contribution in [3.63, 3.8) is 0 Å². The molecular formula is C23H18N4. The summed E-state index contributed by atoms with van der Waals surface area (Å²) in [7, 11) is 0. The Hall–Kier alpha value is -3.71. The van der Waals surface area contributed by atoms with Crippen molar-refractivity contribution in [3.05, 3.63) is 89.6 Å². The molecule has 0 atom stereocenters. The number of nitrogens with one attached hydrogen (secondary N) is 1. The number of benzene rings is 1. The fraction of sp³-hybridized carbons (Fsp3) is 0.0870. The summed E-state index contributed by atoms with van der Waals surface area (Å²) >= 11 is 0. The van der Waals surface area contributed by atoms with Crippen LogP contribution in [0.1, 0.15) is 22.6 Å². The lowest BCUT2D eigenvalue weighted by Crippen LogP contribution is -1.86. The lowest BCUT2D eigenvalue weighted by atomic mass is 10.00. The van der Waals surface area contributed by atoms with E-state index in [2.05, 4.69) is 32.0 Å². The fourth-order valence-corrected chi connectivity index (χ4v) is 2.96. The molecule has 4 nitrogen and oxygen atoms in total. The predicted octanol–water partition coefficient (Wildman–Crippen LogP) is 4.55. The highest BCUT2D eigenvalue weighted by atomic mass is 15.1. The lowest BCUT2D eigenvalue weighted by Gasteiger charge is -2.04. The number of hydrogen-bond donors (Lipinski definition) is 1. The van der Waals surface area contributed by atoms with Gasteiger partial charge in [0, 0.05) is 46.0 Å². The Labute approximate surface area is 158 Å². The molecule has 1 aromatic carbocycles. The van der Waals surface area contributed by atoms with Crippen LogP contribution in [0.3, 0.4) is 0 Å². The minimum atomic E-state index is 0.779. The van der Waals surface area contributed by atoms with E-state index in [1.165, 1.54) is 0 Å². The van der Waals surface area contributed by atoms with Crippen LogP contribution in [0.5, 0.6) is 0 Å². The molecule has 0 aliphatic carbocycles. The van der Waals surface area contributed by atoms with Crippen molar-refractivity contribution in [2.75, 3.05) is 0 Å². The Morgan fingerprint density at radius 2 is 1.70 bits per heavy atom. The molecule has 4 rings (SSSR count). The summed E-state index contributed by atoms with van der Waals surface area (Å²) in [4.78, 5) is 8.63. The second-order valence-corrected chi connectivity index (χ2v) is 6.31. The van der Waals surface area contributed by atoms with Crippen LogP contribution in [-0.2, 0) is 0 Å². The number of rotatable bonds is 2. The SMILES string of the molecule is Cc1cccc(C#Cc2ccc(-c3n[nH]c(C)c3-c3cccnc3)cc2)n1. The van der Waals surface area contributed by atoms with Gasteiger partial charge >= 0.3 is 0 Å². The van der Waals surface area contributed by atoms with Crippen molar-refractivity contribution in [1.29, 1.82) is 0 Å². The van der Waals surface area contributed by atoms with E-state index in [0.717, 1.165) is 45.0 Å². The third-order valence-corrected chi connectivity index (χ3v) is 4.28. The molecule has 0 saturated carbocycles. The van der Waals surface area contributed by atoms with Crippen LogP contribution < -0.4 is 0 Å². The van der Waals surface area contributed by atoms with E-state index in [1.807, 2.05) is 74.6 Å². The van der Waals surface area contributed by atoms with E-state index in [1.54, 1.807) is 6.20 Å². The van der Waals surface area contributed by atoms with E-state index in [4.69, 9.17) is 0 Å². The van der Waals surface area contributed by atoms with E-state index >= 15 is 0 Å². The highest BCUT2D eigenvalue weighted by Gasteiger charge is 2.14. The van der Waals surface area contributed by atoms with Gasteiger partial charge in [-0.25, -0.2) is 4.98 Å². The maximum absolute atomic E-state index is 4.50. The third kappa shape index (κ3) is 3.63. The van der Waals surface area contributed by atoms with Gasteiger partial charge in [0.05, 0.1) is 0 Å². The first kappa shape index (κ1) is 16.7. The summed E-state index contributed by atoms with van der Waals surface area (Å²) in [5.74, 6) is 6.28. The molecule has 3 heterocycles. The van der Waals surface area contributed by atoms with E-state index in [9.17, 15) is 0 Å². The minimum absolute atomic E-state index is 0.779. The normalized spacial score (nSPS) is 10.3. The molecule has 0 radical (unpaired) electrons. The van der Waals surface area contributed by atoms with Crippen LogP contribution in [0.2, 0.25) is 0 Å². The smallest absolute Gasteiger partial charge is 0.113 e. The van der Waals surface area contributed by atoms with Crippen molar-refractivity contribution in [3.8, 4) is 34.2 Å². The second kappa shape index (κ2) is 7.27. The minimum Gasteiger partial charge on any atom is -0.282 e. The Morgan fingerprint density at radius 1 is 0.852 bits per heavy atom. The quantitative estimate of drug-likeness (QED) is 0.540. The first-order valence-corrected chi connectivity index (χ1v) is 8.72. The Kier molecular flexibility index (Phi) is 4.51. The van der Waals surface area contributed by atoms with Crippen LogP contribution in [0.4, 0.5) is 0 Å². The second-order valence-electron chi connectivity index (χ2n) is 6.31. The van der Waals surface area contributed by atoms with E-state index in [0.29, 0.717) is 0 Å². The van der Waals surface area contributed by atoms with Crippen molar-refractivity contribution in [1.82, 2.24) is 20.2 Å². The molecule has 0 saturated heterocycles. The van der Waals surface area contributed by atoms with E-state index in [-0.39, 0.29) is 0 Å². The van der Waals surface area contributed by atoms with Crippen LogP contribution in [0, 0.1) is 25.7 Å². The van der Waals surface area contributed by atoms with Gasteiger partial charge < -0.3 is 0 Å². The zero-order valence-corrected chi connectivity index (χ0v) is 15.2. The molecule has 0 aliphatic rings. The van der Waals surface area contributed by atoms with Gasteiger partial charge in [-0.2, -0.15) is 5.10 Å². The summed E-state index contributed by atoms with van der Waals surface area (Å²) in [6, 6.07) is 17.9. The maximum atomic E-state index is 4.50. The number of H-pyrrole nitrogens is 1. The van der Waals surface area contributed by atoms with Gasteiger partial charge in [-0.3, -0.25) is 10.1 Å². The molecular weight excluding hydrogens is 332 g/mol. The van der Waals surface area contributed by atoms with Gasteiger partial charge in [-0.05, 0) is 50.1 Å². The molecule has 4 aromatic rings. The van der Waals surface area contributed by atoms with Gasteiger partial charge in [-0.1, -0.05) is 30.2 Å². The number of aromatic nitrogens is 4. The van der Waals surface area contributed by atoms with Crippen molar-refractivity contribution in [2.24, 2.45) is 0 Å². The molecule has 27 heavy (non-hydrogen) atoms. The van der Waals surface area contributed by atoms with Gasteiger partial charge in [0.15, 0.2) is 0 Å². The highest BCUT2D eigenvalue weighted by Crippen LogP contribution is 2.32. The maximum Gasteiger partial charge on any atom is 0.113 e. The Balaban J connectivity index is 1.65. The summed E-state index contributed by atoms with van der Waals surface area (Å²) in [6.45, 7) is 3.99. The monoisotopic (exact) mass is 350 g/mol. The van der Waals surface area contributed by atoms with Crippen LogP contribution in [0.25, 0.3) is 22.4 Å². The Morgan fingerprint density at radius 3 is 2.44 bits per heavy atom. The summed E-state index contributed by atoms with van der Waals surface area (Å²) < 4.78 is 0. The molecule has 0 bridgehead atoms. The largest absolute Gasteiger partial charge is 0.282 e. The van der Waals surface area contributed by atoms with Crippen LogP contribution >= 0.6 is 0 Å². The highest BCUT2D eigenvalue weighted by molar-refractivity contribution is 5.82. The molecule has 0 fully saturated rings. The third-order valence-electron chi connectivity index (χ3n) is 4.28. The summed E-state index contributed by atoms with van der Waals surface area (Å²) in [6.07, 6.45) is 3.63. The van der Waals surface area contributed by atoms with Crippen molar-refractivity contribution in [2.45, 2.75) is 13.8 Å². The predicted molar refractivity (Wildman–Crippen MR) is 107 cm³/mol. The average Bonchev–Trinajstić information content (AvgIpc) is 3.09. The molecule has 0 aliphatic heterocycles. The molecule has 3 aromatic heterocycles. The molecule has 1 N–H and O–H groups in total. The Bertz CT molecular complexity index is 1130. The topological polar surface area (TPSA) is 54.5 Å². The number of aromatic amines is 1. The zero-order chi connectivity index (χ0) is 18.6. The summed E-state index contributed by atoms with van der Waals surface area (Å²) in [5, 5.41) is 7.58. The van der Waals surface area contributed by atoms with Gasteiger partial charge in [0.1, 0.15) is 11.4 Å².